The van der Waals surface area contributed by atoms with Gasteiger partial charge in [0.1, 0.15) is 12.3 Å². The van der Waals surface area contributed by atoms with Crippen molar-refractivity contribution in [3.05, 3.63) is 29.6 Å². The van der Waals surface area contributed by atoms with Gasteiger partial charge < -0.3 is 10.4 Å². The van der Waals surface area contributed by atoms with Gasteiger partial charge in [-0.25, -0.2) is 4.98 Å². The van der Waals surface area contributed by atoms with E-state index in [0.29, 0.717) is 11.3 Å². The van der Waals surface area contributed by atoms with Crippen LogP contribution in [0.15, 0.2) is 18.3 Å². The van der Waals surface area contributed by atoms with Crippen LogP contribution in [0.3, 0.4) is 0 Å². The van der Waals surface area contributed by atoms with Gasteiger partial charge in [-0.2, -0.15) is 0 Å². The van der Waals surface area contributed by atoms with Crippen LogP contribution in [0.5, 0.6) is 0 Å². The lowest BCUT2D eigenvalue weighted by molar-refractivity contribution is 0.0877. The van der Waals surface area contributed by atoms with Crippen LogP contribution in [-0.4, -0.2) is 28.1 Å². The molecule has 0 bridgehead atoms. The van der Waals surface area contributed by atoms with E-state index < -0.39 is 0 Å². The molecule has 1 aliphatic rings. The summed E-state index contributed by atoms with van der Waals surface area (Å²) in [7, 11) is 0. The number of carbonyl (C=O) groups is 1. The first kappa shape index (κ1) is 14.5. The highest BCUT2D eigenvalue weighted by Gasteiger charge is 2.28. The third kappa shape index (κ3) is 3.82. The van der Waals surface area contributed by atoms with E-state index in [-0.39, 0.29) is 18.1 Å². The summed E-state index contributed by atoms with van der Waals surface area (Å²) in [6, 6.07) is 3.41. The Hall–Kier alpha value is -1.86. The number of aliphatic hydroxyl groups excluding tert-OH is 1. The number of amides is 1. The van der Waals surface area contributed by atoms with E-state index >= 15 is 0 Å². The number of hydrogen-bond donors (Lipinski definition) is 2. The van der Waals surface area contributed by atoms with Gasteiger partial charge >= 0.3 is 0 Å². The first-order chi connectivity index (χ1) is 9.63. The molecule has 1 amide bonds. The van der Waals surface area contributed by atoms with Gasteiger partial charge in [0.2, 0.25) is 0 Å². The van der Waals surface area contributed by atoms with Crippen LogP contribution in [0.2, 0.25) is 0 Å². The van der Waals surface area contributed by atoms with Gasteiger partial charge in [-0.3, -0.25) is 4.79 Å². The first-order valence-corrected chi connectivity index (χ1v) is 7.01. The molecular weight excluding hydrogens is 252 g/mol. The second kappa shape index (κ2) is 6.53. The third-order valence-electron chi connectivity index (χ3n) is 3.68. The molecule has 1 aromatic heterocycles. The minimum absolute atomic E-state index is 0.105. The predicted octanol–water partition coefficient (Wildman–Crippen LogP) is 1.88. The van der Waals surface area contributed by atoms with Gasteiger partial charge in [0.15, 0.2) is 0 Å². The average molecular weight is 272 g/mol. The number of nitrogens with zero attached hydrogens (tertiary/aromatic N) is 1. The number of pyridine rings is 1. The van der Waals surface area contributed by atoms with Crippen molar-refractivity contribution in [2.24, 2.45) is 0 Å². The highest BCUT2D eigenvalue weighted by molar-refractivity contribution is 5.92. The molecule has 0 atom stereocenters. The fourth-order valence-electron chi connectivity index (χ4n) is 2.54. The zero-order valence-corrected chi connectivity index (χ0v) is 11.8. The molecule has 4 nitrogen and oxygen atoms in total. The second-order valence-corrected chi connectivity index (χ2v) is 5.47. The van der Waals surface area contributed by atoms with Crippen LogP contribution in [0, 0.1) is 11.8 Å². The molecule has 4 heteroatoms. The van der Waals surface area contributed by atoms with E-state index in [0.717, 1.165) is 12.8 Å². The third-order valence-corrected chi connectivity index (χ3v) is 3.68. The maximum atomic E-state index is 12.2. The summed E-state index contributed by atoms with van der Waals surface area (Å²) in [4.78, 5) is 16.3. The second-order valence-electron chi connectivity index (χ2n) is 5.47. The van der Waals surface area contributed by atoms with Gasteiger partial charge in [-0.15, -0.1) is 0 Å². The molecule has 0 saturated heterocycles. The molecule has 20 heavy (non-hydrogen) atoms. The van der Waals surface area contributed by atoms with E-state index in [2.05, 4.69) is 29.1 Å². The Labute approximate surface area is 119 Å². The molecule has 1 saturated carbocycles. The van der Waals surface area contributed by atoms with Crippen LogP contribution < -0.4 is 5.32 Å². The Balaban J connectivity index is 2.02. The smallest absolute Gasteiger partial charge is 0.270 e. The molecule has 0 spiro atoms. The molecule has 0 aromatic carbocycles. The molecule has 1 fully saturated rings. The van der Waals surface area contributed by atoms with Crippen molar-refractivity contribution < 1.29 is 9.90 Å². The largest absolute Gasteiger partial charge is 0.384 e. The van der Waals surface area contributed by atoms with Crippen molar-refractivity contribution in [3.63, 3.8) is 0 Å². The first-order valence-electron chi connectivity index (χ1n) is 7.01. The minimum Gasteiger partial charge on any atom is -0.384 e. The fourth-order valence-corrected chi connectivity index (χ4v) is 2.54. The maximum Gasteiger partial charge on any atom is 0.270 e. The molecule has 106 valence electrons. The molecule has 0 unspecified atom stereocenters. The van der Waals surface area contributed by atoms with E-state index in [1.165, 1.54) is 19.3 Å². The van der Waals surface area contributed by atoms with E-state index in [1.807, 2.05) is 0 Å². The Morgan fingerprint density at radius 2 is 2.15 bits per heavy atom. The Bertz CT molecular complexity index is 520. The lowest BCUT2D eigenvalue weighted by atomic mass is 9.83. The lowest BCUT2D eigenvalue weighted by Gasteiger charge is -2.34. The Kier molecular flexibility index (Phi) is 4.75. The number of aromatic nitrogens is 1. The molecule has 2 rings (SSSR count). The van der Waals surface area contributed by atoms with E-state index in [4.69, 9.17) is 5.11 Å². The summed E-state index contributed by atoms with van der Waals surface area (Å²) in [5.74, 6) is 5.18. The maximum absolute atomic E-state index is 12.2. The molecule has 1 aromatic rings. The topological polar surface area (TPSA) is 62.2 Å². The highest BCUT2D eigenvalue weighted by Crippen LogP contribution is 2.27. The normalized spacial score (nSPS) is 16.9. The quantitative estimate of drug-likeness (QED) is 0.808. The number of hydrogen-bond acceptors (Lipinski definition) is 3. The average Bonchev–Trinajstić information content (AvgIpc) is 2.46. The van der Waals surface area contributed by atoms with Crippen LogP contribution >= 0.6 is 0 Å². The van der Waals surface area contributed by atoms with Crippen molar-refractivity contribution in [1.82, 2.24) is 10.3 Å². The van der Waals surface area contributed by atoms with Crippen molar-refractivity contribution in [2.75, 3.05) is 6.61 Å². The molecule has 1 aliphatic carbocycles. The molecule has 0 aliphatic heterocycles. The van der Waals surface area contributed by atoms with Gasteiger partial charge in [0, 0.05) is 17.3 Å². The fraction of sp³-hybridized carbons (Fsp3) is 0.500. The van der Waals surface area contributed by atoms with Crippen LogP contribution in [0.1, 0.15) is 55.1 Å². The van der Waals surface area contributed by atoms with Crippen LogP contribution in [-0.2, 0) is 0 Å². The minimum atomic E-state index is -0.180. The highest BCUT2D eigenvalue weighted by atomic mass is 16.2. The van der Waals surface area contributed by atoms with Gasteiger partial charge in [0.25, 0.3) is 5.91 Å². The standard InChI is InChI=1S/C16H20N2O2/c1-16(9-3-2-4-10-16)18-15(20)14-8-7-13(12-17-14)6-5-11-19/h7-8,12,19H,2-4,9-11H2,1H3,(H,18,20). The summed E-state index contributed by atoms with van der Waals surface area (Å²) >= 11 is 0. The Morgan fingerprint density at radius 1 is 1.40 bits per heavy atom. The van der Waals surface area contributed by atoms with Gasteiger partial charge in [-0.1, -0.05) is 31.1 Å². The zero-order valence-electron chi connectivity index (χ0n) is 11.8. The van der Waals surface area contributed by atoms with Crippen molar-refractivity contribution >= 4 is 5.91 Å². The van der Waals surface area contributed by atoms with Crippen molar-refractivity contribution in [2.45, 2.75) is 44.6 Å². The predicted molar refractivity (Wildman–Crippen MR) is 77.2 cm³/mol. The number of rotatable bonds is 2. The summed E-state index contributed by atoms with van der Waals surface area (Å²) < 4.78 is 0. The lowest BCUT2D eigenvalue weighted by Crippen LogP contribution is -2.47. The molecule has 1 heterocycles. The van der Waals surface area contributed by atoms with Crippen molar-refractivity contribution in [1.29, 1.82) is 0 Å². The van der Waals surface area contributed by atoms with E-state index in [9.17, 15) is 4.79 Å². The SMILES string of the molecule is CC1(NC(=O)c2ccc(C#CCO)cn2)CCCCC1. The monoisotopic (exact) mass is 272 g/mol. The summed E-state index contributed by atoms with van der Waals surface area (Å²) in [6.07, 6.45) is 7.19. The summed E-state index contributed by atoms with van der Waals surface area (Å²) in [5, 5.41) is 11.7. The Morgan fingerprint density at radius 3 is 2.75 bits per heavy atom. The van der Waals surface area contributed by atoms with Crippen LogP contribution in [0.25, 0.3) is 0 Å². The summed E-state index contributed by atoms with van der Waals surface area (Å²) in [5.41, 5.74) is 0.998. The molecule has 2 N–H and O–H groups in total. The molecule has 0 radical (unpaired) electrons. The number of carbonyl (C=O) groups excluding carboxylic acids is 1. The van der Waals surface area contributed by atoms with Crippen LogP contribution in [0.4, 0.5) is 0 Å². The number of aliphatic hydroxyl groups is 1. The van der Waals surface area contributed by atoms with Gasteiger partial charge in [0.05, 0.1) is 0 Å². The van der Waals surface area contributed by atoms with E-state index in [1.54, 1.807) is 18.3 Å². The zero-order chi connectivity index (χ0) is 14.4. The van der Waals surface area contributed by atoms with Gasteiger partial charge in [-0.05, 0) is 31.9 Å². The van der Waals surface area contributed by atoms with Crippen molar-refractivity contribution in [3.8, 4) is 11.8 Å². The summed E-state index contributed by atoms with van der Waals surface area (Å²) in [6.45, 7) is 1.92. The number of nitrogens with one attached hydrogen (secondary N) is 1. The molecular formula is C16H20N2O2.